The van der Waals surface area contributed by atoms with Crippen LogP contribution in [-0.4, -0.2) is 46.9 Å². The maximum Gasteiger partial charge on any atom is 0.303 e. The van der Waals surface area contributed by atoms with E-state index in [0.717, 1.165) is 19.5 Å². The van der Waals surface area contributed by atoms with Crippen LogP contribution < -0.4 is 5.32 Å². The number of carboxylic acids is 1. The van der Waals surface area contributed by atoms with Gasteiger partial charge in [0, 0.05) is 13.0 Å². The maximum atomic E-state index is 11.5. The number of amides is 2. The van der Waals surface area contributed by atoms with Gasteiger partial charge in [0.05, 0.1) is 12.5 Å². The molecule has 2 saturated heterocycles. The number of carbonyl (C=O) groups is 3. The molecular weight excluding hydrogens is 224 g/mol. The van der Waals surface area contributed by atoms with E-state index < -0.39 is 5.97 Å². The number of imide groups is 1. The smallest absolute Gasteiger partial charge is 0.303 e. The van der Waals surface area contributed by atoms with Crippen molar-refractivity contribution in [2.24, 2.45) is 5.92 Å². The third-order valence-corrected chi connectivity index (χ3v) is 3.47. The van der Waals surface area contributed by atoms with E-state index in [2.05, 4.69) is 5.32 Å². The van der Waals surface area contributed by atoms with Gasteiger partial charge in [-0.25, -0.2) is 0 Å². The lowest BCUT2D eigenvalue weighted by atomic mass is 10.0. The fourth-order valence-corrected chi connectivity index (χ4v) is 2.54. The summed E-state index contributed by atoms with van der Waals surface area (Å²) in [5.74, 6) is -0.880. The molecule has 2 unspecified atom stereocenters. The number of likely N-dealkylation sites (tertiary alicyclic amines) is 1. The van der Waals surface area contributed by atoms with Crippen molar-refractivity contribution in [3.05, 3.63) is 0 Å². The highest BCUT2D eigenvalue weighted by Crippen LogP contribution is 2.25. The summed E-state index contributed by atoms with van der Waals surface area (Å²) >= 11 is 0. The summed E-state index contributed by atoms with van der Waals surface area (Å²) in [5, 5.41) is 10.9. The van der Waals surface area contributed by atoms with E-state index in [-0.39, 0.29) is 30.7 Å². The van der Waals surface area contributed by atoms with Gasteiger partial charge in [-0.3, -0.25) is 24.6 Å². The van der Waals surface area contributed by atoms with Gasteiger partial charge in [-0.2, -0.15) is 0 Å². The number of rotatable bonds is 4. The lowest BCUT2D eigenvalue weighted by molar-refractivity contribution is -0.137. The van der Waals surface area contributed by atoms with Crippen LogP contribution in [0.4, 0.5) is 0 Å². The molecule has 0 aromatic rings. The lowest BCUT2D eigenvalue weighted by Gasteiger charge is -2.20. The molecule has 0 aliphatic carbocycles. The Morgan fingerprint density at radius 3 is 2.82 bits per heavy atom. The quantitative estimate of drug-likeness (QED) is 0.652. The summed E-state index contributed by atoms with van der Waals surface area (Å²) in [6.07, 6.45) is 1.97. The average Bonchev–Trinajstić information content (AvgIpc) is 2.82. The van der Waals surface area contributed by atoms with E-state index in [1.165, 1.54) is 0 Å². The Bertz CT molecular complexity index is 355. The van der Waals surface area contributed by atoms with Crippen LogP contribution in [0.15, 0.2) is 0 Å². The SMILES string of the molecule is O=C(O)CCC1CCN(C2CC(=O)NC2=O)C1. The van der Waals surface area contributed by atoms with E-state index in [0.29, 0.717) is 12.3 Å². The first-order valence-electron chi connectivity index (χ1n) is 5.86. The van der Waals surface area contributed by atoms with Crippen molar-refractivity contribution in [3.8, 4) is 0 Å². The van der Waals surface area contributed by atoms with Gasteiger partial charge in [0.1, 0.15) is 0 Å². The molecule has 2 atom stereocenters. The van der Waals surface area contributed by atoms with Crippen molar-refractivity contribution < 1.29 is 19.5 Å². The first-order valence-corrected chi connectivity index (χ1v) is 5.86. The molecule has 2 heterocycles. The molecule has 0 bridgehead atoms. The van der Waals surface area contributed by atoms with Crippen LogP contribution in [0.5, 0.6) is 0 Å². The molecule has 6 nitrogen and oxygen atoms in total. The van der Waals surface area contributed by atoms with Gasteiger partial charge >= 0.3 is 5.97 Å². The molecule has 17 heavy (non-hydrogen) atoms. The number of nitrogens with one attached hydrogen (secondary N) is 1. The lowest BCUT2D eigenvalue weighted by Crippen LogP contribution is -2.39. The van der Waals surface area contributed by atoms with Crippen molar-refractivity contribution in [2.75, 3.05) is 13.1 Å². The Kier molecular flexibility index (Phi) is 3.42. The number of hydrogen-bond acceptors (Lipinski definition) is 4. The van der Waals surface area contributed by atoms with Crippen LogP contribution in [-0.2, 0) is 14.4 Å². The highest BCUT2D eigenvalue weighted by molar-refractivity contribution is 6.05. The minimum Gasteiger partial charge on any atom is -0.481 e. The van der Waals surface area contributed by atoms with Crippen LogP contribution in [0.2, 0.25) is 0 Å². The highest BCUT2D eigenvalue weighted by atomic mass is 16.4. The minimum atomic E-state index is -0.780. The second-order valence-electron chi connectivity index (χ2n) is 4.71. The zero-order valence-electron chi connectivity index (χ0n) is 9.52. The average molecular weight is 240 g/mol. The van der Waals surface area contributed by atoms with Gasteiger partial charge in [-0.1, -0.05) is 0 Å². The summed E-state index contributed by atoms with van der Waals surface area (Å²) in [6.45, 7) is 1.49. The Morgan fingerprint density at radius 2 is 2.24 bits per heavy atom. The van der Waals surface area contributed by atoms with E-state index in [1.807, 2.05) is 4.90 Å². The van der Waals surface area contributed by atoms with Gasteiger partial charge in [-0.15, -0.1) is 0 Å². The molecule has 0 aromatic carbocycles. The van der Waals surface area contributed by atoms with Crippen LogP contribution >= 0.6 is 0 Å². The second kappa shape index (κ2) is 4.83. The number of nitrogens with zero attached hydrogens (tertiary/aromatic N) is 1. The van der Waals surface area contributed by atoms with Gasteiger partial charge in [-0.05, 0) is 25.3 Å². The number of aliphatic carboxylic acids is 1. The Morgan fingerprint density at radius 1 is 1.47 bits per heavy atom. The summed E-state index contributed by atoms with van der Waals surface area (Å²) in [6, 6.07) is -0.336. The van der Waals surface area contributed by atoms with Crippen LogP contribution in [0.1, 0.15) is 25.7 Å². The predicted octanol–water partition coefficient (Wildman–Crippen LogP) is -0.412. The summed E-state index contributed by atoms with van der Waals surface area (Å²) in [5.41, 5.74) is 0. The van der Waals surface area contributed by atoms with E-state index in [1.54, 1.807) is 0 Å². The number of carbonyl (C=O) groups excluding carboxylic acids is 2. The molecule has 2 aliphatic heterocycles. The third-order valence-electron chi connectivity index (χ3n) is 3.47. The summed E-state index contributed by atoms with van der Waals surface area (Å²) < 4.78 is 0. The molecule has 6 heteroatoms. The van der Waals surface area contributed by atoms with E-state index in [4.69, 9.17) is 5.11 Å². The van der Waals surface area contributed by atoms with Crippen molar-refractivity contribution in [2.45, 2.75) is 31.7 Å². The van der Waals surface area contributed by atoms with Crippen molar-refractivity contribution in [3.63, 3.8) is 0 Å². The van der Waals surface area contributed by atoms with Gasteiger partial charge in [0.2, 0.25) is 11.8 Å². The zero-order chi connectivity index (χ0) is 12.4. The first-order chi connectivity index (χ1) is 8.06. The molecule has 2 fully saturated rings. The monoisotopic (exact) mass is 240 g/mol. The van der Waals surface area contributed by atoms with Gasteiger partial charge in [0.25, 0.3) is 0 Å². The van der Waals surface area contributed by atoms with Crippen LogP contribution in [0, 0.1) is 5.92 Å². The molecule has 94 valence electrons. The maximum absolute atomic E-state index is 11.5. The highest BCUT2D eigenvalue weighted by Gasteiger charge is 2.38. The van der Waals surface area contributed by atoms with Crippen LogP contribution in [0.25, 0.3) is 0 Å². The van der Waals surface area contributed by atoms with E-state index in [9.17, 15) is 14.4 Å². The molecule has 0 radical (unpaired) electrons. The third kappa shape index (κ3) is 2.82. The largest absolute Gasteiger partial charge is 0.481 e. The van der Waals surface area contributed by atoms with Crippen molar-refractivity contribution in [1.82, 2.24) is 10.2 Å². The van der Waals surface area contributed by atoms with Crippen LogP contribution in [0.3, 0.4) is 0 Å². The molecule has 2 aliphatic rings. The molecule has 0 spiro atoms. The first kappa shape index (κ1) is 12.0. The standard InChI is InChI=1S/C11H16N2O4/c14-9-5-8(11(17)12-9)13-4-3-7(6-13)1-2-10(15)16/h7-8H,1-6H2,(H,15,16)(H,12,14,17). The minimum absolute atomic E-state index is 0.175. The Balaban J connectivity index is 1.83. The molecule has 2 amide bonds. The Labute approximate surface area is 99.0 Å². The van der Waals surface area contributed by atoms with Crippen molar-refractivity contribution in [1.29, 1.82) is 0 Å². The fourth-order valence-electron chi connectivity index (χ4n) is 2.54. The Hall–Kier alpha value is -1.43. The normalized spacial score (nSPS) is 29.6. The fraction of sp³-hybridized carbons (Fsp3) is 0.727. The van der Waals surface area contributed by atoms with Gasteiger partial charge < -0.3 is 5.11 Å². The topological polar surface area (TPSA) is 86.7 Å². The molecule has 2 rings (SSSR count). The molecule has 0 aromatic heterocycles. The molecule has 0 saturated carbocycles. The van der Waals surface area contributed by atoms with Gasteiger partial charge in [0.15, 0.2) is 0 Å². The number of carboxylic acid groups (broad SMARTS) is 1. The zero-order valence-corrected chi connectivity index (χ0v) is 9.52. The number of hydrogen-bond donors (Lipinski definition) is 2. The molecular formula is C11H16N2O4. The van der Waals surface area contributed by atoms with Crippen molar-refractivity contribution >= 4 is 17.8 Å². The molecule has 2 N–H and O–H groups in total. The van der Waals surface area contributed by atoms with E-state index >= 15 is 0 Å². The summed E-state index contributed by atoms with van der Waals surface area (Å²) in [4.78, 5) is 35.0. The second-order valence-corrected chi connectivity index (χ2v) is 4.71. The predicted molar refractivity (Wildman–Crippen MR) is 58.1 cm³/mol. The summed E-state index contributed by atoms with van der Waals surface area (Å²) in [7, 11) is 0.